The number of hydrogen-bond donors (Lipinski definition) is 1. The van der Waals surface area contributed by atoms with E-state index in [0.717, 1.165) is 17.3 Å². The zero-order valence-corrected chi connectivity index (χ0v) is 18.2. The standard InChI is InChI=1S/C21H17N3O6S2/c25-20-18(31-21(26)23-20)10-15-9-14-11-22-12-17(19(14)30-15)13-1-3-16(4-2-13)32(27,28)24-5-7-29-8-6-24/h1-4,9-12H,5-8H2,(H,23,25,26). The molecule has 0 aliphatic carbocycles. The number of nitrogens with zero attached hydrogens (tertiary/aromatic N) is 2. The van der Waals surface area contributed by atoms with Gasteiger partial charge in [0.15, 0.2) is 0 Å². The predicted molar refractivity (Wildman–Crippen MR) is 118 cm³/mol. The Morgan fingerprint density at radius 3 is 2.53 bits per heavy atom. The van der Waals surface area contributed by atoms with Crippen LogP contribution in [0.4, 0.5) is 4.79 Å². The summed E-state index contributed by atoms with van der Waals surface area (Å²) < 4.78 is 38.3. The number of aromatic nitrogens is 1. The second-order valence-electron chi connectivity index (χ2n) is 7.15. The van der Waals surface area contributed by atoms with Crippen molar-refractivity contribution in [3.05, 3.63) is 53.4 Å². The summed E-state index contributed by atoms with van der Waals surface area (Å²) in [5, 5.41) is 2.49. The van der Waals surface area contributed by atoms with Gasteiger partial charge < -0.3 is 9.15 Å². The summed E-state index contributed by atoms with van der Waals surface area (Å²) in [6.07, 6.45) is 4.77. The molecule has 0 unspecified atom stereocenters. The van der Waals surface area contributed by atoms with Crippen LogP contribution >= 0.6 is 11.8 Å². The van der Waals surface area contributed by atoms with E-state index in [9.17, 15) is 18.0 Å². The molecular weight excluding hydrogens is 454 g/mol. The largest absolute Gasteiger partial charge is 0.456 e. The van der Waals surface area contributed by atoms with Crippen molar-refractivity contribution < 1.29 is 27.2 Å². The highest BCUT2D eigenvalue weighted by Gasteiger charge is 2.27. The van der Waals surface area contributed by atoms with E-state index in [2.05, 4.69) is 10.3 Å². The third-order valence-corrected chi connectivity index (χ3v) is 7.85. The number of rotatable bonds is 4. The molecule has 11 heteroatoms. The van der Waals surface area contributed by atoms with E-state index in [0.29, 0.717) is 48.6 Å². The van der Waals surface area contributed by atoms with E-state index in [-0.39, 0.29) is 9.80 Å². The smallest absolute Gasteiger partial charge is 0.290 e. The number of morpholine rings is 1. The van der Waals surface area contributed by atoms with Gasteiger partial charge in [0.25, 0.3) is 11.1 Å². The first-order valence-electron chi connectivity index (χ1n) is 9.72. The first kappa shape index (κ1) is 20.9. The fourth-order valence-corrected chi connectivity index (χ4v) is 5.62. The highest BCUT2D eigenvalue weighted by molar-refractivity contribution is 8.18. The van der Waals surface area contributed by atoms with Crippen LogP contribution in [0.1, 0.15) is 5.76 Å². The average Bonchev–Trinajstić information content (AvgIpc) is 3.35. The maximum Gasteiger partial charge on any atom is 0.290 e. The van der Waals surface area contributed by atoms with Crippen molar-refractivity contribution in [1.82, 2.24) is 14.6 Å². The van der Waals surface area contributed by atoms with Crippen LogP contribution in [0.15, 0.2) is 56.9 Å². The third kappa shape index (κ3) is 3.84. The Morgan fingerprint density at radius 1 is 1.09 bits per heavy atom. The van der Waals surface area contributed by atoms with Crippen molar-refractivity contribution in [3.8, 4) is 11.1 Å². The summed E-state index contributed by atoms with van der Waals surface area (Å²) in [5.41, 5.74) is 1.97. The molecule has 0 radical (unpaired) electrons. The van der Waals surface area contributed by atoms with Gasteiger partial charge in [0.2, 0.25) is 10.0 Å². The van der Waals surface area contributed by atoms with Crippen molar-refractivity contribution in [1.29, 1.82) is 0 Å². The fraction of sp³-hybridized carbons (Fsp3) is 0.190. The van der Waals surface area contributed by atoms with Gasteiger partial charge in [-0.25, -0.2) is 8.42 Å². The van der Waals surface area contributed by atoms with E-state index < -0.39 is 21.2 Å². The Labute approximate surface area is 187 Å². The lowest BCUT2D eigenvalue weighted by Crippen LogP contribution is -2.40. The summed E-state index contributed by atoms with van der Waals surface area (Å²) >= 11 is 0.812. The molecule has 1 N–H and O–H groups in total. The number of sulfonamides is 1. The molecule has 32 heavy (non-hydrogen) atoms. The number of fused-ring (bicyclic) bond motifs is 1. The molecule has 2 aliphatic heterocycles. The molecule has 1 aromatic carbocycles. The number of benzene rings is 1. The second kappa shape index (κ2) is 8.17. The molecule has 0 atom stereocenters. The highest BCUT2D eigenvalue weighted by Crippen LogP contribution is 2.33. The van der Waals surface area contributed by atoms with Gasteiger partial charge in [-0.3, -0.25) is 19.9 Å². The van der Waals surface area contributed by atoms with Gasteiger partial charge in [-0.05, 0) is 35.5 Å². The molecule has 0 saturated carbocycles. The number of nitrogens with one attached hydrogen (secondary N) is 1. The lowest BCUT2D eigenvalue weighted by molar-refractivity contribution is -0.115. The monoisotopic (exact) mass is 471 g/mol. The third-order valence-electron chi connectivity index (χ3n) is 5.13. The van der Waals surface area contributed by atoms with Gasteiger partial charge in [0.05, 0.1) is 23.0 Å². The molecule has 2 saturated heterocycles. The lowest BCUT2D eigenvalue weighted by Gasteiger charge is -2.26. The van der Waals surface area contributed by atoms with Crippen LogP contribution < -0.4 is 5.32 Å². The van der Waals surface area contributed by atoms with Crippen molar-refractivity contribution in [3.63, 3.8) is 0 Å². The number of imide groups is 1. The number of hydrogen-bond acceptors (Lipinski definition) is 8. The molecular formula is C21H17N3O6S2. The highest BCUT2D eigenvalue weighted by atomic mass is 32.2. The van der Waals surface area contributed by atoms with Crippen molar-refractivity contribution in [2.24, 2.45) is 0 Å². The van der Waals surface area contributed by atoms with Crippen molar-refractivity contribution in [2.45, 2.75) is 4.90 Å². The van der Waals surface area contributed by atoms with Gasteiger partial charge in [0, 0.05) is 42.5 Å². The Bertz CT molecular complexity index is 1360. The maximum atomic E-state index is 12.8. The van der Waals surface area contributed by atoms with Crippen LogP contribution in [0, 0.1) is 0 Å². The molecule has 3 aromatic rings. The molecule has 0 spiro atoms. The van der Waals surface area contributed by atoms with Crippen LogP contribution in [-0.4, -0.2) is 55.2 Å². The molecule has 2 aromatic heterocycles. The van der Waals surface area contributed by atoms with Crippen molar-refractivity contribution in [2.75, 3.05) is 26.3 Å². The van der Waals surface area contributed by atoms with E-state index in [4.69, 9.17) is 9.15 Å². The van der Waals surface area contributed by atoms with Gasteiger partial charge in [-0.2, -0.15) is 4.31 Å². The molecule has 2 aliphatic rings. The number of thioether (sulfide) groups is 1. The van der Waals surface area contributed by atoms with Crippen molar-refractivity contribution >= 4 is 50.0 Å². The minimum atomic E-state index is -3.58. The topological polar surface area (TPSA) is 119 Å². The first-order chi connectivity index (χ1) is 15.4. The van der Waals surface area contributed by atoms with E-state index >= 15 is 0 Å². The quantitative estimate of drug-likeness (QED) is 0.577. The van der Waals surface area contributed by atoms with Crippen LogP contribution in [0.5, 0.6) is 0 Å². The molecule has 9 nitrogen and oxygen atoms in total. The fourth-order valence-electron chi connectivity index (χ4n) is 3.55. The van der Waals surface area contributed by atoms with E-state index in [1.165, 1.54) is 10.4 Å². The number of carbonyl (C=O) groups excluding carboxylic acids is 2. The maximum absolute atomic E-state index is 12.8. The number of furan rings is 1. The molecule has 4 heterocycles. The molecule has 164 valence electrons. The Hall–Kier alpha value is -2.99. The van der Waals surface area contributed by atoms with E-state index in [1.54, 1.807) is 42.7 Å². The lowest BCUT2D eigenvalue weighted by atomic mass is 10.1. The van der Waals surface area contributed by atoms with Crippen LogP contribution in [0.3, 0.4) is 0 Å². The zero-order chi connectivity index (χ0) is 22.3. The first-order valence-corrected chi connectivity index (χ1v) is 12.0. The Morgan fingerprint density at radius 2 is 1.84 bits per heavy atom. The minimum Gasteiger partial charge on any atom is -0.456 e. The summed E-state index contributed by atoms with van der Waals surface area (Å²) in [4.78, 5) is 27.9. The average molecular weight is 472 g/mol. The number of carbonyl (C=O) groups is 2. The Kier molecular flexibility index (Phi) is 5.33. The molecule has 2 fully saturated rings. The Balaban J connectivity index is 1.47. The summed E-state index contributed by atoms with van der Waals surface area (Å²) in [6, 6.07) is 8.28. The van der Waals surface area contributed by atoms with Crippen LogP contribution in [0.25, 0.3) is 28.2 Å². The summed E-state index contributed by atoms with van der Waals surface area (Å²) in [7, 11) is -3.58. The normalized spacial score (nSPS) is 19.1. The molecule has 5 rings (SSSR count). The van der Waals surface area contributed by atoms with E-state index in [1.807, 2.05) is 0 Å². The number of amides is 2. The number of pyridine rings is 1. The zero-order valence-electron chi connectivity index (χ0n) is 16.6. The summed E-state index contributed by atoms with van der Waals surface area (Å²) in [5.74, 6) is -0.0519. The van der Waals surface area contributed by atoms with Gasteiger partial charge in [0.1, 0.15) is 11.3 Å². The SMILES string of the molecule is O=C1NC(=O)C(=Cc2cc3cncc(-c4ccc(S(=O)(=O)N5CCOCC5)cc4)c3o2)S1. The van der Waals surface area contributed by atoms with Crippen LogP contribution in [-0.2, 0) is 19.6 Å². The predicted octanol–water partition coefficient (Wildman–Crippen LogP) is 2.84. The van der Waals surface area contributed by atoms with Gasteiger partial charge in [-0.15, -0.1) is 0 Å². The van der Waals surface area contributed by atoms with Gasteiger partial charge in [-0.1, -0.05) is 12.1 Å². The second-order valence-corrected chi connectivity index (χ2v) is 10.1. The van der Waals surface area contributed by atoms with Crippen LogP contribution in [0.2, 0.25) is 0 Å². The number of ether oxygens (including phenoxy) is 1. The molecule has 2 amide bonds. The molecule has 0 bridgehead atoms. The van der Waals surface area contributed by atoms with Gasteiger partial charge >= 0.3 is 0 Å². The summed E-state index contributed by atoms with van der Waals surface area (Å²) in [6.45, 7) is 1.44. The minimum absolute atomic E-state index is 0.210.